The molecule has 4 rings (SSSR count). The number of nitrogens with one attached hydrogen (secondary N) is 1. The molecule has 6 nitrogen and oxygen atoms in total. The number of ether oxygens (including phenoxy) is 2. The third-order valence-electron chi connectivity index (χ3n) is 5.95. The van der Waals surface area contributed by atoms with Gasteiger partial charge in [0.2, 0.25) is 5.91 Å². The Bertz CT molecular complexity index is 798. The lowest BCUT2D eigenvalue weighted by molar-refractivity contribution is -0.134. The van der Waals surface area contributed by atoms with Crippen LogP contribution in [0, 0.1) is 5.92 Å². The molecule has 2 aromatic rings. The number of amides is 1. The molecule has 1 saturated heterocycles. The molecule has 1 aliphatic heterocycles. The van der Waals surface area contributed by atoms with Crippen LogP contribution < -0.4 is 9.47 Å². The highest BCUT2D eigenvalue weighted by atomic mass is 16.5. The fourth-order valence-corrected chi connectivity index (χ4v) is 4.32. The molecular formula is C22H29N3O3. The van der Waals surface area contributed by atoms with Crippen molar-refractivity contribution in [1.82, 2.24) is 15.1 Å². The van der Waals surface area contributed by atoms with Crippen molar-refractivity contribution in [3.05, 3.63) is 41.7 Å². The molecule has 2 heterocycles. The summed E-state index contributed by atoms with van der Waals surface area (Å²) >= 11 is 0. The van der Waals surface area contributed by atoms with E-state index in [1.54, 1.807) is 7.11 Å². The molecule has 1 aromatic heterocycles. The number of nitrogens with zero attached hydrogens (tertiary/aromatic N) is 2. The van der Waals surface area contributed by atoms with E-state index in [0.717, 1.165) is 61.7 Å². The number of hydrogen-bond acceptors (Lipinski definition) is 4. The van der Waals surface area contributed by atoms with Crippen LogP contribution >= 0.6 is 0 Å². The molecule has 28 heavy (non-hydrogen) atoms. The topological polar surface area (TPSA) is 67.5 Å². The van der Waals surface area contributed by atoms with Crippen LogP contribution in [0.2, 0.25) is 0 Å². The van der Waals surface area contributed by atoms with Crippen molar-refractivity contribution in [3.63, 3.8) is 0 Å². The van der Waals surface area contributed by atoms with Crippen molar-refractivity contribution in [2.75, 3.05) is 26.8 Å². The highest BCUT2D eigenvalue weighted by Gasteiger charge is 2.33. The Morgan fingerprint density at radius 2 is 2.04 bits per heavy atom. The van der Waals surface area contributed by atoms with Crippen molar-refractivity contribution in [2.45, 2.75) is 44.4 Å². The second-order valence-corrected chi connectivity index (χ2v) is 7.85. The number of rotatable bonds is 7. The van der Waals surface area contributed by atoms with E-state index in [-0.39, 0.29) is 5.92 Å². The first-order valence-corrected chi connectivity index (χ1v) is 10.3. The third-order valence-corrected chi connectivity index (χ3v) is 5.95. The standard InChI is InChI=1S/C22H29N3O3/c1-27-19-7-4-8-20(14-19)28-12-10-18-13-21(24-23-18)17-9-11-25(15-17)22(26)16-5-2-3-6-16/h4,7-8,13-14,16-17H,2-3,5-6,9-12,15H2,1H3,(H,23,24)/t17-/m0/s1. The minimum Gasteiger partial charge on any atom is -0.497 e. The molecule has 0 bridgehead atoms. The lowest BCUT2D eigenvalue weighted by atomic mass is 10.0. The number of carbonyl (C=O) groups is 1. The molecule has 0 unspecified atom stereocenters. The van der Waals surface area contributed by atoms with Crippen molar-refractivity contribution in [3.8, 4) is 11.5 Å². The van der Waals surface area contributed by atoms with Gasteiger partial charge in [0.25, 0.3) is 0 Å². The van der Waals surface area contributed by atoms with Crippen LogP contribution in [0.4, 0.5) is 0 Å². The number of carbonyl (C=O) groups excluding carboxylic acids is 1. The van der Waals surface area contributed by atoms with Crippen LogP contribution in [0.3, 0.4) is 0 Å². The monoisotopic (exact) mass is 383 g/mol. The van der Waals surface area contributed by atoms with Crippen molar-refractivity contribution >= 4 is 5.91 Å². The summed E-state index contributed by atoms with van der Waals surface area (Å²) in [5.74, 6) is 2.56. The quantitative estimate of drug-likeness (QED) is 0.794. The highest BCUT2D eigenvalue weighted by molar-refractivity contribution is 5.79. The van der Waals surface area contributed by atoms with Crippen molar-refractivity contribution in [2.24, 2.45) is 5.92 Å². The Labute approximate surface area is 166 Å². The van der Waals surface area contributed by atoms with Crippen molar-refractivity contribution < 1.29 is 14.3 Å². The van der Waals surface area contributed by atoms with Gasteiger partial charge in [0.05, 0.1) is 19.4 Å². The zero-order valence-corrected chi connectivity index (χ0v) is 16.5. The molecule has 1 aromatic carbocycles. The summed E-state index contributed by atoms with van der Waals surface area (Å²) in [5, 5.41) is 7.64. The van der Waals surface area contributed by atoms with E-state index in [1.807, 2.05) is 24.3 Å². The fourth-order valence-electron chi connectivity index (χ4n) is 4.32. The first-order valence-electron chi connectivity index (χ1n) is 10.3. The van der Waals surface area contributed by atoms with E-state index >= 15 is 0 Å². The summed E-state index contributed by atoms with van der Waals surface area (Å²) in [7, 11) is 1.65. The van der Waals surface area contributed by atoms with E-state index in [0.29, 0.717) is 18.4 Å². The zero-order chi connectivity index (χ0) is 19.3. The SMILES string of the molecule is COc1cccc(OCCc2cc([C@H]3CCN(C(=O)C4CCCC4)C3)n[nH]2)c1. The lowest BCUT2D eigenvalue weighted by Gasteiger charge is -2.20. The van der Waals surface area contributed by atoms with Gasteiger partial charge in [-0.25, -0.2) is 0 Å². The van der Waals surface area contributed by atoms with Gasteiger partial charge in [0.15, 0.2) is 0 Å². The van der Waals surface area contributed by atoms with Crippen LogP contribution in [0.15, 0.2) is 30.3 Å². The van der Waals surface area contributed by atoms with E-state index in [1.165, 1.54) is 12.8 Å². The number of hydrogen-bond donors (Lipinski definition) is 1. The molecule has 1 amide bonds. The van der Waals surface area contributed by atoms with Gasteiger partial charge >= 0.3 is 0 Å². The van der Waals surface area contributed by atoms with Gasteiger partial charge in [-0.2, -0.15) is 5.10 Å². The van der Waals surface area contributed by atoms with Crippen LogP contribution in [0.25, 0.3) is 0 Å². The summed E-state index contributed by atoms with van der Waals surface area (Å²) in [6.07, 6.45) is 6.31. The summed E-state index contributed by atoms with van der Waals surface area (Å²) in [6.45, 7) is 2.24. The van der Waals surface area contributed by atoms with E-state index < -0.39 is 0 Å². The molecule has 1 saturated carbocycles. The largest absolute Gasteiger partial charge is 0.497 e. The summed E-state index contributed by atoms with van der Waals surface area (Å²) in [4.78, 5) is 14.7. The Morgan fingerprint density at radius 1 is 1.21 bits per heavy atom. The Hall–Kier alpha value is -2.50. The van der Waals surface area contributed by atoms with E-state index in [9.17, 15) is 4.79 Å². The molecule has 2 aliphatic rings. The molecule has 0 spiro atoms. The van der Waals surface area contributed by atoms with Crippen LogP contribution in [0.5, 0.6) is 11.5 Å². The normalized spacial score (nSPS) is 19.9. The number of aromatic nitrogens is 2. The highest BCUT2D eigenvalue weighted by Crippen LogP contribution is 2.31. The number of benzene rings is 1. The molecule has 0 radical (unpaired) electrons. The van der Waals surface area contributed by atoms with E-state index in [2.05, 4.69) is 21.2 Å². The molecule has 1 aliphatic carbocycles. The van der Waals surface area contributed by atoms with Crippen LogP contribution in [-0.2, 0) is 11.2 Å². The van der Waals surface area contributed by atoms with Gasteiger partial charge < -0.3 is 14.4 Å². The van der Waals surface area contributed by atoms with E-state index in [4.69, 9.17) is 9.47 Å². The predicted molar refractivity (Wildman–Crippen MR) is 107 cm³/mol. The third kappa shape index (κ3) is 4.32. The fraction of sp³-hybridized carbons (Fsp3) is 0.545. The smallest absolute Gasteiger partial charge is 0.225 e. The Morgan fingerprint density at radius 3 is 2.86 bits per heavy atom. The number of H-pyrrole nitrogens is 1. The number of likely N-dealkylation sites (tertiary alicyclic amines) is 1. The average Bonchev–Trinajstić information content (AvgIpc) is 3.48. The lowest BCUT2D eigenvalue weighted by Crippen LogP contribution is -2.33. The van der Waals surface area contributed by atoms with Gasteiger partial charge in [0.1, 0.15) is 11.5 Å². The zero-order valence-electron chi connectivity index (χ0n) is 16.5. The molecule has 150 valence electrons. The average molecular weight is 383 g/mol. The second kappa shape index (κ2) is 8.67. The molecule has 1 N–H and O–H groups in total. The predicted octanol–water partition coefficient (Wildman–Crippen LogP) is 3.55. The van der Waals surface area contributed by atoms with Gasteiger partial charge in [-0.05, 0) is 37.5 Å². The minimum absolute atomic E-state index is 0.266. The van der Waals surface area contributed by atoms with Gasteiger partial charge in [-0.3, -0.25) is 9.89 Å². The summed E-state index contributed by atoms with van der Waals surface area (Å²) in [6, 6.07) is 9.75. The van der Waals surface area contributed by atoms with Gasteiger partial charge in [-0.1, -0.05) is 18.9 Å². The van der Waals surface area contributed by atoms with Crippen molar-refractivity contribution in [1.29, 1.82) is 0 Å². The maximum atomic E-state index is 12.6. The maximum Gasteiger partial charge on any atom is 0.225 e. The number of aromatic amines is 1. The Kier molecular flexibility index (Phi) is 5.84. The summed E-state index contributed by atoms with van der Waals surface area (Å²) < 4.78 is 11.0. The number of methoxy groups -OCH3 is 1. The Balaban J connectivity index is 1.26. The molecular weight excluding hydrogens is 354 g/mol. The van der Waals surface area contributed by atoms with Gasteiger partial charge in [-0.15, -0.1) is 0 Å². The van der Waals surface area contributed by atoms with Gasteiger partial charge in [0, 0.05) is 43.1 Å². The van der Waals surface area contributed by atoms with Crippen LogP contribution in [0.1, 0.15) is 49.4 Å². The molecule has 1 atom stereocenters. The molecule has 6 heteroatoms. The molecule has 2 fully saturated rings. The summed E-state index contributed by atoms with van der Waals surface area (Å²) in [5.41, 5.74) is 2.14. The second-order valence-electron chi connectivity index (χ2n) is 7.85. The first kappa shape index (κ1) is 18.8. The maximum absolute atomic E-state index is 12.6. The minimum atomic E-state index is 0.266. The first-order chi connectivity index (χ1) is 13.7. The van der Waals surface area contributed by atoms with Crippen LogP contribution in [-0.4, -0.2) is 47.8 Å².